The highest BCUT2D eigenvalue weighted by atomic mass is 16.5. The van der Waals surface area contributed by atoms with Gasteiger partial charge in [-0.25, -0.2) is 9.67 Å². The molecule has 0 saturated carbocycles. The summed E-state index contributed by atoms with van der Waals surface area (Å²) >= 11 is 0. The standard InChI is InChI=1S/C28H24N6O3/c1-17-9-13-34(32-17)27-25-24(23(37-2)15-31-27)21(14-30-25)26(35)28(36)33-12-10-19-18(16-33)6-5-7-20(19)22-8-3-4-11-29-22/h3-9,11,13-15,30H,10,12,16H2,1-2H3. The monoisotopic (exact) mass is 492 g/mol. The van der Waals surface area contributed by atoms with Crippen LogP contribution >= 0.6 is 0 Å². The van der Waals surface area contributed by atoms with Crippen LogP contribution in [0.5, 0.6) is 5.75 Å². The Labute approximate surface area is 212 Å². The lowest BCUT2D eigenvalue weighted by atomic mass is 9.92. The van der Waals surface area contributed by atoms with Crippen molar-refractivity contribution >= 4 is 22.6 Å². The van der Waals surface area contributed by atoms with Crippen molar-refractivity contribution < 1.29 is 14.3 Å². The van der Waals surface area contributed by atoms with Crippen LogP contribution in [-0.4, -0.2) is 55.0 Å². The van der Waals surface area contributed by atoms with Gasteiger partial charge in [0, 0.05) is 37.2 Å². The van der Waals surface area contributed by atoms with E-state index in [0.29, 0.717) is 42.0 Å². The van der Waals surface area contributed by atoms with E-state index in [2.05, 4.69) is 26.1 Å². The Morgan fingerprint density at radius 3 is 2.73 bits per heavy atom. The van der Waals surface area contributed by atoms with Crippen LogP contribution in [0, 0.1) is 6.92 Å². The molecule has 9 nitrogen and oxygen atoms in total. The van der Waals surface area contributed by atoms with Gasteiger partial charge in [-0.3, -0.25) is 14.6 Å². The molecule has 0 saturated heterocycles. The molecule has 0 bridgehead atoms. The van der Waals surface area contributed by atoms with Crippen molar-refractivity contribution in [2.75, 3.05) is 13.7 Å². The molecule has 1 aromatic carbocycles. The SMILES string of the molecule is COc1cnc(-n2ccc(C)n2)c2[nH]cc(C(=O)C(=O)N3CCc4c(cccc4-c4ccccn4)C3)c12. The lowest BCUT2D eigenvalue weighted by Crippen LogP contribution is -2.40. The number of aryl methyl sites for hydroxylation is 1. The maximum atomic E-state index is 13.5. The number of benzene rings is 1. The summed E-state index contributed by atoms with van der Waals surface area (Å²) in [7, 11) is 1.51. The highest BCUT2D eigenvalue weighted by Crippen LogP contribution is 2.33. The van der Waals surface area contributed by atoms with Gasteiger partial charge in [0.05, 0.1) is 41.2 Å². The number of hydrogen-bond acceptors (Lipinski definition) is 6. The van der Waals surface area contributed by atoms with Crippen molar-refractivity contribution in [3.8, 4) is 22.8 Å². The Hall–Kier alpha value is -4.79. The van der Waals surface area contributed by atoms with Gasteiger partial charge in [-0.15, -0.1) is 0 Å². The van der Waals surface area contributed by atoms with Crippen LogP contribution in [-0.2, 0) is 17.8 Å². The van der Waals surface area contributed by atoms with Crippen LogP contribution in [0.1, 0.15) is 27.2 Å². The van der Waals surface area contributed by atoms with Gasteiger partial charge in [-0.2, -0.15) is 5.10 Å². The molecular formula is C28H24N6O3. The number of amides is 1. The predicted molar refractivity (Wildman–Crippen MR) is 138 cm³/mol. The largest absolute Gasteiger partial charge is 0.494 e. The number of nitrogens with zero attached hydrogens (tertiary/aromatic N) is 5. The normalized spacial score (nSPS) is 13.0. The minimum atomic E-state index is -0.595. The number of methoxy groups -OCH3 is 1. The van der Waals surface area contributed by atoms with Crippen LogP contribution in [0.3, 0.4) is 0 Å². The van der Waals surface area contributed by atoms with E-state index in [-0.39, 0.29) is 5.56 Å². The van der Waals surface area contributed by atoms with Gasteiger partial charge in [0.25, 0.3) is 11.7 Å². The van der Waals surface area contributed by atoms with Gasteiger partial charge in [0.15, 0.2) is 5.82 Å². The quantitative estimate of drug-likeness (QED) is 0.295. The zero-order valence-electron chi connectivity index (χ0n) is 20.4. The third-order valence-electron chi connectivity index (χ3n) is 6.75. The smallest absolute Gasteiger partial charge is 0.295 e. The fourth-order valence-electron chi connectivity index (χ4n) is 4.95. The molecule has 5 aromatic rings. The molecule has 0 fully saturated rings. The molecule has 1 aliphatic rings. The van der Waals surface area contributed by atoms with Crippen LogP contribution < -0.4 is 4.74 Å². The van der Waals surface area contributed by atoms with E-state index < -0.39 is 11.7 Å². The number of hydrogen-bond donors (Lipinski definition) is 1. The summed E-state index contributed by atoms with van der Waals surface area (Å²) in [5.41, 5.74) is 5.80. The second-order valence-electron chi connectivity index (χ2n) is 8.97. The molecule has 4 aromatic heterocycles. The molecule has 0 atom stereocenters. The van der Waals surface area contributed by atoms with Crippen LogP contribution in [0.4, 0.5) is 0 Å². The number of nitrogens with one attached hydrogen (secondary N) is 1. The number of carbonyl (C=O) groups excluding carboxylic acids is 2. The Morgan fingerprint density at radius 1 is 1.08 bits per heavy atom. The summed E-state index contributed by atoms with van der Waals surface area (Å²) in [5, 5.41) is 4.94. The maximum Gasteiger partial charge on any atom is 0.295 e. The fourth-order valence-corrected chi connectivity index (χ4v) is 4.95. The van der Waals surface area contributed by atoms with Gasteiger partial charge in [-0.1, -0.05) is 24.3 Å². The molecule has 1 amide bonds. The zero-order valence-corrected chi connectivity index (χ0v) is 20.4. The Balaban J connectivity index is 1.32. The van der Waals surface area contributed by atoms with Crippen molar-refractivity contribution in [1.29, 1.82) is 0 Å². The molecule has 0 unspecified atom stereocenters. The van der Waals surface area contributed by atoms with Crippen molar-refractivity contribution in [3.63, 3.8) is 0 Å². The summed E-state index contributed by atoms with van der Waals surface area (Å²) in [6.45, 7) is 2.69. The van der Waals surface area contributed by atoms with E-state index >= 15 is 0 Å². The molecule has 0 spiro atoms. The first-order valence-corrected chi connectivity index (χ1v) is 12.0. The third kappa shape index (κ3) is 3.85. The van der Waals surface area contributed by atoms with Gasteiger partial charge < -0.3 is 14.6 Å². The maximum absolute atomic E-state index is 13.5. The first kappa shape index (κ1) is 22.7. The number of carbonyl (C=O) groups is 2. The third-order valence-corrected chi connectivity index (χ3v) is 6.75. The van der Waals surface area contributed by atoms with E-state index in [1.54, 1.807) is 34.4 Å². The van der Waals surface area contributed by atoms with E-state index in [1.165, 1.54) is 7.11 Å². The number of H-pyrrole nitrogens is 1. The molecule has 0 radical (unpaired) electrons. The molecule has 1 N–H and O–H groups in total. The van der Waals surface area contributed by atoms with E-state index in [0.717, 1.165) is 28.1 Å². The van der Waals surface area contributed by atoms with E-state index in [4.69, 9.17) is 4.74 Å². The van der Waals surface area contributed by atoms with E-state index in [1.807, 2.05) is 43.3 Å². The van der Waals surface area contributed by atoms with Crippen molar-refractivity contribution in [2.24, 2.45) is 0 Å². The van der Waals surface area contributed by atoms with Crippen LogP contribution in [0.15, 0.2) is 67.3 Å². The zero-order chi connectivity index (χ0) is 25.5. The number of ketones is 1. The van der Waals surface area contributed by atoms with Gasteiger partial charge in [0.1, 0.15) is 5.75 Å². The molecule has 5 heterocycles. The number of aromatic amines is 1. The highest BCUT2D eigenvalue weighted by molar-refractivity contribution is 6.45. The number of Topliss-reactive ketones (excluding diaryl/α,β-unsaturated/α-hetero) is 1. The molecule has 0 aliphatic carbocycles. The van der Waals surface area contributed by atoms with Crippen LogP contribution in [0.25, 0.3) is 28.0 Å². The summed E-state index contributed by atoms with van der Waals surface area (Å²) < 4.78 is 7.13. The topological polar surface area (TPSA) is 106 Å². The minimum absolute atomic E-state index is 0.248. The predicted octanol–water partition coefficient (Wildman–Crippen LogP) is 3.90. The molecule has 1 aliphatic heterocycles. The van der Waals surface area contributed by atoms with Crippen molar-refractivity contribution in [2.45, 2.75) is 19.9 Å². The van der Waals surface area contributed by atoms with E-state index in [9.17, 15) is 9.59 Å². The van der Waals surface area contributed by atoms with Gasteiger partial charge in [0.2, 0.25) is 0 Å². The number of pyridine rings is 2. The Kier molecular flexibility index (Phi) is 5.52. The first-order valence-electron chi connectivity index (χ1n) is 12.0. The second-order valence-corrected chi connectivity index (χ2v) is 8.97. The lowest BCUT2D eigenvalue weighted by molar-refractivity contribution is -0.127. The first-order chi connectivity index (χ1) is 18.0. The summed E-state index contributed by atoms with van der Waals surface area (Å²) in [6, 6.07) is 13.7. The molecule has 6 rings (SSSR count). The number of fused-ring (bicyclic) bond motifs is 2. The molecule has 37 heavy (non-hydrogen) atoms. The summed E-state index contributed by atoms with van der Waals surface area (Å²) in [4.78, 5) is 40.6. The van der Waals surface area contributed by atoms with Crippen molar-refractivity contribution in [3.05, 3.63) is 89.6 Å². The summed E-state index contributed by atoms with van der Waals surface area (Å²) in [6.07, 6.45) is 7.30. The van der Waals surface area contributed by atoms with Crippen molar-refractivity contribution in [1.82, 2.24) is 29.6 Å². The van der Waals surface area contributed by atoms with Gasteiger partial charge >= 0.3 is 0 Å². The highest BCUT2D eigenvalue weighted by Gasteiger charge is 2.31. The molecule has 9 heteroatoms. The molecule has 184 valence electrons. The van der Waals surface area contributed by atoms with Gasteiger partial charge in [-0.05, 0) is 42.7 Å². The lowest BCUT2D eigenvalue weighted by Gasteiger charge is -2.29. The second kappa shape index (κ2) is 9.02. The summed E-state index contributed by atoms with van der Waals surface area (Å²) in [5.74, 6) is -0.221. The number of rotatable bonds is 5. The average Bonchev–Trinajstić information content (AvgIpc) is 3.58. The minimum Gasteiger partial charge on any atom is -0.494 e. The number of aromatic nitrogens is 5. The number of ether oxygens (including phenoxy) is 1. The fraction of sp³-hybridized carbons (Fsp3) is 0.179. The Morgan fingerprint density at radius 2 is 1.97 bits per heavy atom. The Bertz CT molecular complexity index is 1650. The molecular weight excluding hydrogens is 468 g/mol. The average molecular weight is 493 g/mol. The van der Waals surface area contributed by atoms with Crippen LogP contribution in [0.2, 0.25) is 0 Å².